The molecule has 0 fully saturated rings. The van der Waals surface area contributed by atoms with Gasteiger partial charge < -0.3 is 9.47 Å². The van der Waals surface area contributed by atoms with E-state index in [9.17, 15) is 9.59 Å². The van der Waals surface area contributed by atoms with Crippen LogP contribution in [-0.4, -0.2) is 38.6 Å². The summed E-state index contributed by atoms with van der Waals surface area (Å²) in [6.45, 7) is 1.88. The van der Waals surface area contributed by atoms with E-state index in [0.717, 1.165) is 11.3 Å². The van der Waals surface area contributed by atoms with Crippen LogP contribution in [0.1, 0.15) is 32.2 Å². The number of nitrogens with zero attached hydrogens (tertiary/aromatic N) is 4. The Labute approximate surface area is 137 Å². The number of esters is 2. The third kappa shape index (κ3) is 3.07. The lowest BCUT2D eigenvalue weighted by Gasteiger charge is -2.04. The number of benzene rings is 1. The minimum Gasteiger partial charge on any atom is -0.465 e. The Balaban J connectivity index is 1.68. The molecule has 0 N–H and O–H groups in total. The van der Waals surface area contributed by atoms with E-state index in [0.29, 0.717) is 11.3 Å². The van der Waals surface area contributed by atoms with Crippen LogP contribution in [0.15, 0.2) is 36.5 Å². The molecule has 1 aromatic carbocycles. The first-order chi connectivity index (χ1) is 11.6. The van der Waals surface area contributed by atoms with Gasteiger partial charge in [-0.2, -0.15) is 4.98 Å². The largest absolute Gasteiger partial charge is 0.465 e. The second-order valence-electron chi connectivity index (χ2n) is 5.00. The average molecular weight is 326 g/mol. The zero-order chi connectivity index (χ0) is 17.1. The minimum atomic E-state index is -0.642. The molecule has 24 heavy (non-hydrogen) atoms. The van der Waals surface area contributed by atoms with Gasteiger partial charge in [0.2, 0.25) is 0 Å². The highest BCUT2D eigenvalue weighted by Crippen LogP contribution is 2.09. The van der Waals surface area contributed by atoms with Gasteiger partial charge in [-0.25, -0.2) is 19.1 Å². The highest BCUT2D eigenvalue weighted by atomic mass is 16.5. The summed E-state index contributed by atoms with van der Waals surface area (Å²) in [5, 5.41) is 4.08. The molecule has 0 saturated heterocycles. The van der Waals surface area contributed by atoms with E-state index in [1.165, 1.54) is 11.6 Å². The van der Waals surface area contributed by atoms with Crippen LogP contribution in [0.2, 0.25) is 0 Å². The van der Waals surface area contributed by atoms with Crippen LogP contribution in [-0.2, 0) is 16.1 Å². The molecular weight excluding hydrogens is 312 g/mol. The molecule has 0 aliphatic heterocycles. The number of hydrogen-bond acceptors (Lipinski definition) is 7. The van der Waals surface area contributed by atoms with Crippen molar-refractivity contribution in [2.24, 2.45) is 0 Å². The summed E-state index contributed by atoms with van der Waals surface area (Å²) in [6, 6.07) is 8.33. The van der Waals surface area contributed by atoms with Gasteiger partial charge in [-0.1, -0.05) is 12.1 Å². The lowest BCUT2D eigenvalue weighted by molar-refractivity contribution is 0.0457. The number of hydrogen-bond donors (Lipinski definition) is 0. The molecule has 0 atom stereocenters. The number of aryl methyl sites for hydroxylation is 1. The third-order valence-corrected chi connectivity index (χ3v) is 3.36. The number of aromatic nitrogens is 4. The zero-order valence-corrected chi connectivity index (χ0v) is 13.1. The number of methoxy groups -OCH3 is 1. The Hall–Kier alpha value is -3.29. The van der Waals surface area contributed by atoms with Gasteiger partial charge in [-0.3, -0.25) is 0 Å². The van der Waals surface area contributed by atoms with Crippen molar-refractivity contribution in [3.63, 3.8) is 0 Å². The SMILES string of the molecule is COC(=O)c1ccc(COC(=O)c2nc3nccc(C)n3n2)cc1. The Morgan fingerprint density at radius 3 is 2.54 bits per heavy atom. The Bertz CT molecular complexity index is 902. The van der Waals surface area contributed by atoms with Crippen LogP contribution in [0.5, 0.6) is 0 Å². The Morgan fingerprint density at radius 1 is 1.12 bits per heavy atom. The second kappa shape index (κ2) is 6.45. The molecule has 2 aromatic heterocycles. The fraction of sp³-hybridized carbons (Fsp3) is 0.188. The van der Waals surface area contributed by atoms with Crippen molar-refractivity contribution in [1.29, 1.82) is 0 Å². The van der Waals surface area contributed by atoms with E-state index in [4.69, 9.17) is 4.74 Å². The first-order valence-corrected chi connectivity index (χ1v) is 7.11. The molecule has 8 nitrogen and oxygen atoms in total. The fourth-order valence-corrected chi connectivity index (χ4v) is 2.06. The lowest BCUT2D eigenvalue weighted by Crippen LogP contribution is -2.08. The van der Waals surface area contributed by atoms with E-state index in [2.05, 4.69) is 19.8 Å². The summed E-state index contributed by atoms with van der Waals surface area (Å²) in [5.41, 5.74) is 1.97. The molecule has 0 spiro atoms. The molecule has 8 heteroatoms. The molecule has 2 heterocycles. The number of carbonyl (C=O) groups is 2. The van der Waals surface area contributed by atoms with Gasteiger partial charge in [0.1, 0.15) is 6.61 Å². The van der Waals surface area contributed by atoms with Gasteiger partial charge in [0.15, 0.2) is 0 Å². The maximum absolute atomic E-state index is 12.1. The number of fused-ring (bicyclic) bond motifs is 1. The molecule has 0 saturated carbocycles. The molecule has 122 valence electrons. The first-order valence-electron chi connectivity index (χ1n) is 7.11. The summed E-state index contributed by atoms with van der Waals surface area (Å²) in [6.07, 6.45) is 1.59. The maximum Gasteiger partial charge on any atom is 0.378 e. The molecule has 0 bridgehead atoms. The van der Waals surface area contributed by atoms with Crippen LogP contribution in [0.25, 0.3) is 5.78 Å². The number of ether oxygens (including phenoxy) is 2. The van der Waals surface area contributed by atoms with Crippen molar-refractivity contribution in [2.45, 2.75) is 13.5 Å². The summed E-state index contributed by atoms with van der Waals surface area (Å²) in [7, 11) is 1.32. The van der Waals surface area contributed by atoms with Crippen LogP contribution in [0.4, 0.5) is 0 Å². The predicted molar refractivity (Wildman–Crippen MR) is 82.4 cm³/mol. The molecule has 0 aliphatic rings. The third-order valence-electron chi connectivity index (χ3n) is 3.36. The highest BCUT2D eigenvalue weighted by molar-refractivity contribution is 5.89. The fourth-order valence-electron chi connectivity index (χ4n) is 2.06. The number of rotatable bonds is 4. The van der Waals surface area contributed by atoms with Crippen molar-refractivity contribution < 1.29 is 19.1 Å². The van der Waals surface area contributed by atoms with Crippen molar-refractivity contribution >= 4 is 17.7 Å². The molecule has 0 radical (unpaired) electrons. The summed E-state index contributed by atoms with van der Waals surface area (Å²) < 4.78 is 11.3. The highest BCUT2D eigenvalue weighted by Gasteiger charge is 2.16. The maximum atomic E-state index is 12.1. The average Bonchev–Trinajstić information content (AvgIpc) is 3.05. The van der Waals surface area contributed by atoms with Crippen molar-refractivity contribution in [1.82, 2.24) is 19.6 Å². The van der Waals surface area contributed by atoms with Gasteiger partial charge in [0.25, 0.3) is 11.6 Å². The molecular formula is C16H14N4O4. The van der Waals surface area contributed by atoms with Crippen molar-refractivity contribution in [3.8, 4) is 0 Å². The van der Waals surface area contributed by atoms with Crippen molar-refractivity contribution in [2.75, 3.05) is 7.11 Å². The van der Waals surface area contributed by atoms with E-state index in [-0.39, 0.29) is 12.4 Å². The topological polar surface area (TPSA) is 95.7 Å². The minimum absolute atomic E-state index is 0.0439. The first kappa shape index (κ1) is 15.6. The Morgan fingerprint density at radius 2 is 1.88 bits per heavy atom. The van der Waals surface area contributed by atoms with Crippen LogP contribution < -0.4 is 0 Å². The predicted octanol–water partition coefficient (Wildman–Crippen LogP) is 1.58. The zero-order valence-electron chi connectivity index (χ0n) is 13.1. The lowest BCUT2D eigenvalue weighted by atomic mass is 10.1. The quantitative estimate of drug-likeness (QED) is 0.671. The standard InChI is InChI=1S/C16H14N4O4/c1-10-7-8-17-16-18-13(19-20(10)16)15(22)24-9-11-3-5-12(6-4-11)14(21)23-2/h3-8H,9H2,1-2H3. The van der Waals surface area contributed by atoms with Crippen molar-refractivity contribution in [3.05, 3.63) is 59.2 Å². The van der Waals surface area contributed by atoms with Gasteiger partial charge in [-0.05, 0) is 30.7 Å². The van der Waals surface area contributed by atoms with E-state index in [1.54, 1.807) is 36.5 Å². The van der Waals surface area contributed by atoms with Crippen LogP contribution in [0, 0.1) is 6.92 Å². The van der Waals surface area contributed by atoms with Gasteiger partial charge in [-0.15, -0.1) is 5.10 Å². The van der Waals surface area contributed by atoms with E-state index in [1.807, 2.05) is 6.92 Å². The smallest absolute Gasteiger partial charge is 0.378 e. The molecule has 3 rings (SSSR count). The van der Waals surface area contributed by atoms with Gasteiger partial charge in [0, 0.05) is 11.9 Å². The van der Waals surface area contributed by atoms with Crippen LogP contribution >= 0.6 is 0 Å². The Kier molecular flexibility index (Phi) is 4.19. The molecule has 0 aliphatic carbocycles. The second-order valence-corrected chi connectivity index (χ2v) is 5.00. The van der Waals surface area contributed by atoms with Gasteiger partial charge in [0.05, 0.1) is 12.7 Å². The van der Waals surface area contributed by atoms with E-state index < -0.39 is 11.9 Å². The summed E-state index contributed by atoms with van der Waals surface area (Å²) >= 11 is 0. The molecule has 3 aromatic rings. The monoisotopic (exact) mass is 326 g/mol. The molecule has 0 unspecified atom stereocenters. The normalized spacial score (nSPS) is 10.6. The van der Waals surface area contributed by atoms with Gasteiger partial charge >= 0.3 is 11.9 Å². The number of carbonyl (C=O) groups excluding carboxylic acids is 2. The molecule has 0 amide bonds. The summed E-state index contributed by atoms with van der Waals surface area (Å²) in [5.74, 6) is -0.778. The summed E-state index contributed by atoms with van der Waals surface area (Å²) in [4.78, 5) is 31.5. The van der Waals surface area contributed by atoms with Crippen LogP contribution in [0.3, 0.4) is 0 Å². The van der Waals surface area contributed by atoms with E-state index >= 15 is 0 Å².